The summed E-state index contributed by atoms with van der Waals surface area (Å²) in [5.74, 6) is 0.259. The zero-order valence-electron chi connectivity index (χ0n) is 16.5. The standard InChI is InChI=1S/C23H23N3O3/c1-14-7-8-16-15(2)20(29-19(16)13-14)21(27)26-11-9-23(10-12-26)22(28)24-17-5-3-4-6-18(17)25-23/h3-8,13,25H,9-12H2,1-2H3,(H,24,28). The van der Waals surface area contributed by atoms with Crippen molar-refractivity contribution in [1.82, 2.24) is 4.90 Å². The predicted octanol–water partition coefficient (Wildman–Crippen LogP) is 4.09. The van der Waals surface area contributed by atoms with Crippen LogP contribution in [0.25, 0.3) is 11.0 Å². The van der Waals surface area contributed by atoms with Gasteiger partial charge in [-0.25, -0.2) is 0 Å². The zero-order valence-corrected chi connectivity index (χ0v) is 16.5. The van der Waals surface area contributed by atoms with Crippen molar-refractivity contribution in [3.63, 3.8) is 0 Å². The molecule has 0 aliphatic carbocycles. The minimum Gasteiger partial charge on any atom is -0.451 e. The van der Waals surface area contributed by atoms with E-state index in [-0.39, 0.29) is 11.8 Å². The average Bonchev–Trinajstić information content (AvgIpc) is 3.04. The number of nitrogens with one attached hydrogen (secondary N) is 2. The van der Waals surface area contributed by atoms with Gasteiger partial charge >= 0.3 is 0 Å². The fraction of sp³-hybridized carbons (Fsp3) is 0.304. The van der Waals surface area contributed by atoms with Gasteiger partial charge in [0, 0.05) is 24.0 Å². The van der Waals surface area contributed by atoms with Crippen LogP contribution >= 0.6 is 0 Å². The van der Waals surface area contributed by atoms with Crippen LogP contribution in [-0.4, -0.2) is 35.3 Å². The van der Waals surface area contributed by atoms with Crippen molar-refractivity contribution in [1.29, 1.82) is 0 Å². The van der Waals surface area contributed by atoms with E-state index in [0.717, 1.165) is 33.5 Å². The summed E-state index contributed by atoms with van der Waals surface area (Å²) in [6.07, 6.45) is 1.11. The molecule has 29 heavy (non-hydrogen) atoms. The van der Waals surface area contributed by atoms with Crippen LogP contribution in [0, 0.1) is 13.8 Å². The molecule has 6 nitrogen and oxygen atoms in total. The second-order valence-corrected chi connectivity index (χ2v) is 8.05. The molecule has 2 aromatic carbocycles. The molecule has 3 aromatic rings. The SMILES string of the molecule is Cc1ccc2c(C)c(C(=O)N3CCC4(CC3)Nc3ccccc3NC4=O)oc2c1. The van der Waals surface area contributed by atoms with E-state index in [1.807, 2.05) is 56.3 Å². The van der Waals surface area contributed by atoms with Crippen LogP contribution in [-0.2, 0) is 4.79 Å². The van der Waals surface area contributed by atoms with Crippen molar-refractivity contribution in [2.45, 2.75) is 32.2 Å². The first-order valence-electron chi connectivity index (χ1n) is 9.95. The fourth-order valence-electron chi connectivity index (χ4n) is 4.38. The lowest BCUT2D eigenvalue weighted by molar-refractivity contribution is -0.122. The van der Waals surface area contributed by atoms with Crippen molar-refractivity contribution >= 4 is 34.2 Å². The first kappa shape index (κ1) is 17.8. The van der Waals surface area contributed by atoms with Gasteiger partial charge in [0.15, 0.2) is 5.76 Å². The topological polar surface area (TPSA) is 74.6 Å². The predicted molar refractivity (Wildman–Crippen MR) is 112 cm³/mol. The number of para-hydroxylation sites is 2. The lowest BCUT2D eigenvalue weighted by Crippen LogP contribution is -2.59. The van der Waals surface area contributed by atoms with Crippen LogP contribution in [0.4, 0.5) is 11.4 Å². The molecule has 2 aliphatic rings. The minimum absolute atomic E-state index is 0.0290. The number of furan rings is 1. The van der Waals surface area contributed by atoms with Crippen LogP contribution in [0.5, 0.6) is 0 Å². The maximum Gasteiger partial charge on any atom is 0.289 e. The third-order valence-corrected chi connectivity index (χ3v) is 6.18. The molecule has 6 heteroatoms. The van der Waals surface area contributed by atoms with Gasteiger partial charge in [-0.2, -0.15) is 0 Å². The summed E-state index contributed by atoms with van der Waals surface area (Å²) in [4.78, 5) is 27.7. The molecule has 1 fully saturated rings. The zero-order chi connectivity index (χ0) is 20.2. The third-order valence-electron chi connectivity index (χ3n) is 6.18. The Morgan fingerprint density at radius 3 is 2.55 bits per heavy atom. The molecule has 5 rings (SSSR count). The van der Waals surface area contributed by atoms with Crippen LogP contribution < -0.4 is 10.6 Å². The van der Waals surface area contributed by atoms with Gasteiger partial charge in [0.05, 0.1) is 11.4 Å². The maximum absolute atomic E-state index is 13.1. The summed E-state index contributed by atoms with van der Waals surface area (Å²) in [5, 5.41) is 7.40. The summed E-state index contributed by atoms with van der Waals surface area (Å²) in [7, 11) is 0. The van der Waals surface area contributed by atoms with Crippen molar-refractivity contribution in [2.24, 2.45) is 0 Å². The highest BCUT2D eigenvalue weighted by Gasteiger charge is 2.45. The second kappa shape index (κ2) is 6.37. The van der Waals surface area contributed by atoms with Crippen LogP contribution in [0.1, 0.15) is 34.5 Å². The first-order valence-corrected chi connectivity index (χ1v) is 9.95. The highest BCUT2D eigenvalue weighted by Crippen LogP contribution is 2.37. The first-order chi connectivity index (χ1) is 14.0. The molecule has 1 saturated heterocycles. The van der Waals surface area contributed by atoms with Crippen LogP contribution in [0.2, 0.25) is 0 Å². The maximum atomic E-state index is 13.1. The van der Waals surface area contributed by atoms with Crippen molar-refractivity contribution in [3.8, 4) is 0 Å². The number of nitrogens with zero attached hydrogens (tertiary/aromatic N) is 1. The van der Waals surface area contributed by atoms with Gasteiger partial charge in [0.25, 0.3) is 5.91 Å². The highest BCUT2D eigenvalue weighted by molar-refractivity contribution is 6.06. The summed E-state index contributed by atoms with van der Waals surface area (Å²) in [6.45, 7) is 4.92. The van der Waals surface area contributed by atoms with Gasteiger partial charge in [-0.1, -0.05) is 24.3 Å². The summed E-state index contributed by atoms with van der Waals surface area (Å²) < 4.78 is 5.91. The van der Waals surface area contributed by atoms with Crippen LogP contribution in [0.15, 0.2) is 46.9 Å². The molecule has 0 unspecified atom stereocenters. The minimum atomic E-state index is -0.675. The van der Waals surface area contributed by atoms with E-state index in [4.69, 9.17) is 4.42 Å². The number of aryl methyl sites for hydroxylation is 2. The molecule has 3 heterocycles. The molecular weight excluding hydrogens is 366 g/mol. The number of hydrogen-bond acceptors (Lipinski definition) is 4. The molecule has 0 atom stereocenters. The van der Waals surface area contributed by atoms with Gasteiger partial charge in [0.1, 0.15) is 11.1 Å². The molecule has 2 N–H and O–H groups in total. The number of carbonyl (C=O) groups is 2. The smallest absolute Gasteiger partial charge is 0.289 e. The molecule has 0 bridgehead atoms. The quantitative estimate of drug-likeness (QED) is 0.657. The van der Waals surface area contributed by atoms with E-state index >= 15 is 0 Å². The molecule has 0 radical (unpaired) electrons. The summed E-state index contributed by atoms with van der Waals surface area (Å²) in [6, 6.07) is 13.7. The number of likely N-dealkylation sites (tertiary alicyclic amines) is 1. The number of amides is 2. The number of piperidine rings is 1. The summed E-state index contributed by atoms with van der Waals surface area (Å²) >= 11 is 0. The average molecular weight is 389 g/mol. The van der Waals surface area contributed by atoms with Gasteiger partial charge in [0.2, 0.25) is 5.91 Å². The molecule has 0 saturated carbocycles. The fourth-order valence-corrected chi connectivity index (χ4v) is 4.38. The number of fused-ring (bicyclic) bond motifs is 2. The van der Waals surface area contributed by atoms with Gasteiger partial charge < -0.3 is 20.0 Å². The van der Waals surface area contributed by atoms with E-state index in [2.05, 4.69) is 10.6 Å². The second-order valence-electron chi connectivity index (χ2n) is 8.05. The Balaban J connectivity index is 1.36. The number of anilines is 2. The van der Waals surface area contributed by atoms with Crippen molar-refractivity contribution < 1.29 is 14.0 Å². The van der Waals surface area contributed by atoms with Gasteiger partial charge in [-0.3, -0.25) is 9.59 Å². The number of carbonyl (C=O) groups excluding carboxylic acids is 2. The number of rotatable bonds is 1. The molecule has 2 amide bonds. The Morgan fingerprint density at radius 1 is 1.07 bits per heavy atom. The molecule has 148 valence electrons. The van der Waals surface area contributed by atoms with E-state index in [1.54, 1.807) is 4.90 Å². The van der Waals surface area contributed by atoms with Gasteiger partial charge in [-0.05, 0) is 50.5 Å². The lowest BCUT2D eigenvalue weighted by atomic mass is 9.84. The molecule has 1 spiro atoms. The Kier molecular flexibility index (Phi) is 3.91. The normalized spacial score (nSPS) is 17.7. The Labute approximate surface area is 168 Å². The highest BCUT2D eigenvalue weighted by atomic mass is 16.3. The third kappa shape index (κ3) is 2.78. The Morgan fingerprint density at radius 2 is 1.79 bits per heavy atom. The van der Waals surface area contributed by atoms with E-state index in [0.29, 0.717) is 31.7 Å². The van der Waals surface area contributed by atoms with E-state index < -0.39 is 5.54 Å². The lowest BCUT2D eigenvalue weighted by Gasteiger charge is -2.44. The van der Waals surface area contributed by atoms with E-state index in [1.165, 1.54) is 0 Å². The Hall–Kier alpha value is -3.28. The summed E-state index contributed by atoms with van der Waals surface area (Å²) in [5.41, 5.74) is 3.76. The van der Waals surface area contributed by atoms with Gasteiger partial charge in [-0.15, -0.1) is 0 Å². The monoisotopic (exact) mass is 389 g/mol. The number of hydrogen-bond donors (Lipinski definition) is 2. The Bertz CT molecular complexity index is 1140. The number of benzene rings is 2. The van der Waals surface area contributed by atoms with Crippen LogP contribution in [0.3, 0.4) is 0 Å². The van der Waals surface area contributed by atoms with Crippen molar-refractivity contribution in [3.05, 3.63) is 59.4 Å². The molecular formula is C23H23N3O3. The van der Waals surface area contributed by atoms with Crippen molar-refractivity contribution in [2.75, 3.05) is 23.7 Å². The molecule has 1 aromatic heterocycles. The largest absolute Gasteiger partial charge is 0.451 e. The molecule has 2 aliphatic heterocycles. The van der Waals surface area contributed by atoms with E-state index in [9.17, 15) is 9.59 Å².